The molecule has 0 aromatic heterocycles. The van der Waals surface area contributed by atoms with E-state index in [2.05, 4.69) is 10.6 Å². The topological polar surface area (TPSA) is 67.4 Å². The van der Waals surface area contributed by atoms with Gasteiger partial charge >= 0.3 is 0 Å². The summed E-state index contributed by atoms with van der Waals surface area (Å²) in [6.45, 7) is 8.51. The first-order valence-electron chi connectivity index (χ1n) is 8.82. The predicted molar refractivity (Wildman–Crippen MR) is 104 cm³/mol. The lowest BCUT2D eigenvalue weighted by molar-refractivity contribution is 0.0949. The highest BCUT2D eigenvalue weighted by molar-refractivity contribution is 6.06. The largest absolute Gasteiger partial charge is 0.489 e. The van der Waals surface area contributed by atoms with E-state index < -0.39 is 0 Å². The summed E-state index contributed by atoms with van der Waals surface area (Å²) < 4.78 is 5.72. The van der Waals surface area contributed by atoms with Gasteiger partial charge in [-0.25, -0.2) is 0 Å². The Hall–Kier alpha value is -2.82. The third kappa shape index (κ3) is 5.62. The molecule has 0 saturated heterocycles. The van der Waals surface area contributed by atoms with E-state index in [1.54, 1.807) is 30.3 Å². The summed E-state index contributed by atoms with van der Waals surface area (Å²) in [5.74, 6) is 0.504. The Bertz CT molecular complexity index is 769. The van der Waals surface area contributed by atoms with Crippen LogP contribution in [0.15, 0.2) is 48.5 Å². The lowest BCUT2D eigenvalue weighted by atomic mass is 10.1. The third-order valence-corrected chi connectivity index (χ3v) is 3.56. The molecule has 0 heterocycles. The molecule has 0 fully saturated rings. The van der Waals surface area contributed by atoms with Gasteiger partial charge in [-0.2, -0.15) is 0 Å². The summed E-state index contributed by atoms with van der Waals surface area (Å²) in [6, 6.07) is 14.0. The van der Waals surface area contributed by atoms with Gasteiger partial charge in [0.05, 0.1) is 11.8 Å². The number of anilines is 1. The molecule has 0 bridgehead atoms. The molecule has 0 spiro atoms. The van der Waals surface area contributed by atoms with Crippen LogP contribution in [0, 0.1) is 5.92 Å². The second kappa shape index (κ2) is 9.04. The molecule has 5 heteroatoms. The predicted octanol–water partition coefficient (Wildman–Crippen LogP) is 4.11. The van der Waals surface area contributed by atoms with Crippen LogP contribution in [-0.4, -0.2) is 24.5 Å². The number of carbonyl (C=O) groups is 2. The molecule has 0 atom stereocenters. The van der Waals surface area contributed by atoms with Gasteiger partial charge in [0, 0.05) is 17.7 Å². The molecule has 2 aromatic carbocycles. The Morgan fingerprint density at radius 3 is 2.23 bits per heavy atom. The van der Waals surface area contributed by atoms with E-state index in [0.717, 1.165) is 0 Å². The van der Waals surface area contributed by atoms with E-state index in [1.165, 1.54) is 0 Å². The van der Waals surface area contributed by atoms with Gasteiger partial charge in [-0.1, -0.05) is 32.0 Å². The van der Waals surface area contributed by atoms with Crippen molar-refractivity contribution in [1.29, 1.82) is 0 Å². The normalized spacial score (nSPS) is 10.7. The van der Waals surface area contributed by atoms with Crippen LogP contribution in [0.5, 0.6) is 5.75 Å². The number of hydrogen-bond donors (Lipinski definition) is 2. The minimum atomic E-state index is -0.289. The Morgan fingerprint density at radius 2 is 1.58 bits per heavy atom. The molecule has 0 aliphatic carbocycles. The number of hydrogen-bond acceptors (Lipinski definition) is 3. The van der Waals surface area contributed by atoms with Crippen LogP contribution in [-0.2, 0) is 0 Å². The summed E-state index contributed by atoms with van der Waals surface area (Å²) in [6.07, 6.45) is 0.000957. The van der Waals surface area contributed by atoms with Gasteiger partial charge < -0.3 is 15.4 Å². The average molecular weight is 354 g/mol. The van der Waals surface area contributed by atoms with E-state index in [9.17, 15) is 9.59 Å². The average Bonchev–Trinajstić information content (AvgIpc) is 2.61. The Morgan fingerprint density at radius 1 is 0.923 bits per heavy atom. The SMILES string of the molecule is CC(C)CNC(=O)c1cccc(C(=O)Nc2ccccc2OC(C)C)c1. The van der Waals surface area contributed by atoms with Crippen LogP contribution >= 0.6 is 0 Å². The van der Waals surface area contributed by atoms with E-state index in [1.807, 2.05) is 45.9 Å². The molecule has 2 rings (SSSR count). The first kappa shape index (κ1) is 19.5. The molecule has 0 radical (unpaired) electrons. The minimum absolute atomic E-state index is 0.000957. The Kier molecular flexibility index (Phi) is 6.78. The highest BCUT2D eigenvalue weighted by Crippen LogP contribution is 2.25. The summed E-state index contributed by atoms with van der Waals surface area (Å²) in [4.78, 5) is 24.8. The van der Waals surface area contributed by atoms with Crippen molar-refractivity contribution in [3.63, 3.8) is 0 Å². The molecular weight excluding hydrogens is 328 g/mol. The highest BCUT2D eigenvalue weighted by Gasteiger charge is 2.13. The van der Waals surface area contributed by atoms with Crippen LogP contribution in [0.25, 0.3) is 0 Å². The molecule has 5 nitrogen and oxygen atoms in total. The number of rotatable bonds is 7. The van der Waals surface area contributed by atoms with Crippen molar-refractivity contribution < 1.29 is 14.3 Å². The number of benzene rings is 2. The Labute approximate surface area is 154 Å². The van der Waals surface area contributed by atoms with Crippen LogP contribution in [0.4, 0.5) is 5.69 Å². The maximum atomic E-state index is 12.6. The van der Waals surface area contributed by atoms with E-state index in [0.29, 0.717) is 35.0 Å². The van der Waals surface area contributed by atoms with E-state index in [4.69, 9.17) is 4.74 Å². The smallest absolute Gasteiger partial charge is 0.255 e. The van der Waals surface area contributed by atoms with Crippen molar-refractivity contribution in [3.05, 3.63) is 59.7 Å². The van der Waals surface area contributed by atoms with Gasteiger partial charge in [0.15, 0.2) is 0 Å². The summed E-state index contributed by atoms with van der Waals surface area (Å²) in [5.41, 5.74) is 1.48. The van der Waals surface area contributed by atoms with Crippen LogP contribution in [0.1, 0.15) is 48.4 Å². The number of nitrogens with one attached hydrogen (secondary N) is 2. The van der Waals surface area contributed by atoms with Gasteiger partial charge in [0.1, 0.15) is 5.75 Å². The van der Waals surface area contributed by atoms with Crippen molar-refractivity contribution >= 4 is 17.5 Å². The standard InChI is InChI=1S/C21H26N2O3/c1-14(2)13-22-20(24)16-8-7-9-17(12-16)21(25)23-18-10-5-6-11-19(18)26-15(3)4/h5-12,14-15H,13H2,1-4H3,(H,22,24)(H,23,25). The number of para-hydroxylation sites is 2. The van der Waals surface area contributed by atoms with Crippen molar-refractivity contribution in [3.8, 4) is 5.75 Å². The van der Waals surface area contributed by atoms with E-state index in [-0.39, 0.29) is 17.9 Å². The molecule has 138 valence electrons. The van der Waals surface area contributed by atoms with Crippen LogP contribution in [0.2, 0.25) is 0 Å². The Balaban J connectivity index is 2.13. The summed E-state index contributed by atoms with van der Waals surface area (Å²) in [5, 5.41) is 5.71. The third-order valence-electron chi connectivity index (χ3n) is 3.56. The fourth-order valence-electron chi connectivity index (χ4n) is 2.32. The van der Waals surface area contributed by atoms with Crippen molar-refractivity contribution in [2.45, 2.75) is 33.8 Å². The second-order valence-electron chi connectivity index (χ2n) is 6.80. The molecule has 0 saturated carbocycles. The molecule has 2 N–H and O–H groups in total. The lowest BCUT2D eigenvalue weighted by Crippen LogP contribution is -2.27. The zero-order valence-corrected chi connectivity index (χ0v) is 15.7. The van der Waals surface area contributed by atoms with Gasteiger partial charge in [0.25, 0.3) is 11.8 Å². The quantitative estimate of drug-likeness (QED) is 0.786. The zero-order chi connectivity index (χ0) is 19.1. The molecule has 2 amide bonds. The van der Waals surface area contributed by atoms with Gasteiger partial charge in [-0.3, -0.25) is 9.59 Å². The number of ether oxygens (including phenoxy) is 1. The molecule has 26 heavy (non-hydrogen) atoms. The fraction of sp³-hybridized carbons (Fsp3) is 0.333. The van der Waals surface area contributed by atoms with Crippen LogP contribution in [0.3, 0.4) is 0 Å². The number of carbonyl (C=O) groups excluding carboxylic acids is 2. The zero-order valence-electron chi connectivity index (χ0n) is 15.7. The van der Waals surface area contributed by atoms with Crippen molar-refractivity contribution in [2.75, 3.05) is 11.9 Å². The highest BCUT2D eigenvalue weighted by atomic mass is 16.5. The first-order chi connectivity index (χ1) is 12.4. The monoisotopic (exact) mass is 354 g/mol. The van der Waals surface area contributed by atoms with Gasteiger partial charge in [-0.05, 0) is 50.1 Å². The van der Waals surface area contributed by atoms with Crippen molar-refractivity contribution in [2.24, 2.45) is 5.92 Å². The fourth-order valence-corrected chi connectivity index (χ4v) is 2.32. The molecule has 0 aliphatic heterocycles. The second-order valence-corrected chi connectivity index (χ2v) is 6.80. The first-order valence-corrected chi connectivity index (χ1v) is 8.82. The lowest BCUT2D eigenvalue weighted by Gasteiger charge is -2.15. The summed E-state index contributed by atoms with van der Waals surface area (Å²) >= 11 is 0. The van der Waals surface area contributed by atoms with Gasteiger partial charge in [0.2, 0.25) is 0 Å². The number of amides is 2. The maximum Gasteiger partial charge on any atom is 0.255 e. The molecule has 0 unspecified atom stereocenters. The minimum Gasteiger partial charge on any atom is -0.489 e. The summed E-state index contributed by atoms with van der Waals surface area (Å²) in [7, 11) is 0. The van der Waals surface area contributed by atoms with E-state index >= 15 is 0 Å². The van der Waals surface area contributed by atoms with Crippen molar-refractivity contribution in [1.82, 2.24) is 5.32 Å². The maximum absolute atomic E-state index is 12.6. The van der Waals surface area contributed by atoms with Crippen LogP contribution < -0.4 is 15.4 Å². The molecule has 0 aliphatic rings. The van der Waals surface area contributed by atoms with Gasteiger partial charge in [-0.15, -0.1) is 0 Å². The molecular formula is C21H26N2O3. The molecule has 2 aromatic rings.